The van der Waals surface area contributed by atoms with E-state index < -0.39 is 0 Å². The molecular formula is C22H26O2. The molecule has 0 spiro atoms. The fraction of sp³-hybridized carbons (Fsp3) is 0.318. The van der Waals surface area contributed by atoms with E-state index >= 15 is 0 Å². The molecule has 0 aromatic heterocycles. The van der Waals surface area contributed by atoms with Crippen LogP contribution in [0.5, 0.6) is 5.75 Å². The number of rotatable bonds is 10. The van der Waals surface area contributed by atoms with Gasteiger partial charge in [0.2, 0.25) is 0 Å². The minimum absolute atomic E-state index is 0.0167. The van der Waals surface area contributed by atoms with Gasteiger partial charge < -0.3 is 4.74 Å². The number of ketones is 1. The molecule has 0 bridgehead atoms. The van der Waals surface area contributed by atoms with Crippen LogP contribution in [-0.4, -0.2) is 12.4 Å². The van der Waals surface area contributed by atoms with Gasteiger partial charge in [0.1, 0.15) is 5.75 Å². The molecule has 24 heavy (non-hydrogen) atoms. The molecule has 0 saturated carbocycles. The molecule has 0 amide bonds. The van der Waals surface area contributed by atoms with Crippen LogP contribution in [0.3, 0.4) is 0 Å². The van der Waals surface area contributed by atoms with E-state index in [9.17, 15) is 4.79 Å². The molecule has 2 aromatic rings. The van der Waals surface area contributed by atoms with E-state index in [4.69, 9.17) is 4.74 Å². The summed E-state index contributed by atoms with van der Waals surface area (Å²) in [6, 6.07) is 17.2. The first-order valence-corrected chi connectivity index (χ1v) is 8.80. The van der Waals surface area contributed by atoms with E-state index in [-0.39, 0.29) is 5.78 Å². The summed E-state index contributed by atoms with van der Waals surface area (Å²) < 4.78 is 5.75. The number of allylic oxidation sites excluding steroid dienone is 1. The molecule has 0 unspecified atom stereocenters. The van der Waals surface area contributed by atoms with Gasteiger partial charge in [-0.25, -0.2) is 0 Å². The molecule has 0 radical (unpaired) electrons. The molecule has 0 saturated heterocycles. The lowest BCUT2D eigenvalue weighted by Gasteiger charge is -2.06. The average molecular weight is 322 g/mol. The monoisotopic (exact) mass is 322 g/mol. The summed E-state index contributed by atoms with van der Waals surface area (Å²) in [6.07, 6.45) is 9.65. The second kappa shape index (κ2) is 10.4. The van der Waals surface area contributed by atoms with Crippen LogP contribution in [0.25, 0.3) is 6.08 Å². The van der Waals surface area contributed by atoms with Crippen molar-refractivity contribution < 1.29 is 9.53 Å². The Labute approximate surface area is 145 Å². The Kier molecular flexibility index (Phi) is 7.82. The number of ether oxygens (including phenoxy) is 1. The van der Waals surface area contributed by atoms with E-state index in [1.165, 1.54) is 25.7 Å². The number of benzene rings is 2. The summed E-state index contributed by atoms with van der Waals surface area (Å²) in [4.78, 5) is 12.0. The van der Waals surface area contributed by atoms with Crippen molar-refractivity contribution in [3.05, 3.63) is 71.8 Å². The first-order valence-electron chi connectivity index (χ1n) is 8.80. The molecule has 0 fully saturated rings. The topological polar surface area (TPSA) is 26.3 Å². The molecule has 0 atom stereocenters. The van der Waals surface area contributed by atoms with Gasteiger partial charge in [-0.2, -0.15) is 0 Å². The minimum Gasteiger partial charge on any atom is -0.494 e. The normalized spacial score (nSPS) is 10.9. The average Bonchev–Trinajstić information content (AvgIpc) is 2.64. The summed E-state index contributed by atoms with van der Waals surface area (Å²) in [7, 11) is 0. The second-order valence-electron chi connectivity index (χ2n) is 5.90. The molecule has 2 heteroatoms. The zero-order valence-corrected chi connectivity index (χ0v) is 14.4. The number of hydrogen-bond acceptors (Lipinski definition) is 2. The van der Waals surface area contributed by atoms with Crippen molar-refractivity contribution in [2.24, 2.45) is 0 Å². The molecule has 2 nitrogen and oxygen atoms in total. The molecule has 2 aromatic carbocycles. The predicted molar refractivity (Wildman–Crippen MR) is 101 cm³/mol. The molecular weight excluding hydrogens is 296 g/mol. The van der Waals surface area contributed by atoms with Crippen molar-refractivity contribution in [3.63, 3.8) is 0 Å². The van der Waals surface area contributed by atoms with Crippen molar-refractivity contribution in [1.82, 2.24) is 0 Å². The smallest absolute Gasteiger partial charge is 0.185 e. The SMILES string of the molecule is CCCCCCCOc1ccc(/C=C/C(=O)c2ccccc2)cc1. The zero-order valence-electron chi connectivity index (χ0n) is 14.4. The van der Waals surface area contributed by atoms with Gasteiger partial charge in [-0.05, 0) is 30.2 Å². The predicted octanol–water partition coefficient (Wildman–Crippen LogP) is 5.93. The van der Waals surface area contributed by atoms with Crippen LogP contribution >= 0.6 is 0 Å². The van der Waals surface area contributed by atoms with Crippen molar-refractivity contribution in [2.45, 2.75) is 39.0 Å². The highest BCUT2D eigenvalue weighted by atomic mass is 16.5. The summed E-state index contributed by atoms with van der Waals surface area (Å²) >= 11 is 0. The highest BCUT2D eigenvalue weighted by Crippen LogP contribution is 2.14. The third kappa shape index (κ3) is 6.41. The lowest BCUT2D eigenvalue weighted by Crippen LogP contribution is -1.97. The second-order valence-corrected chi connectivity index (χ2v) is 5.90. The van der Waals surface area contributed by atoms with Crippen LogP contribution in [-0.2, 0) is 0 Å². The van der Waals surface area contributed by atoms with Gasteiger partial charge in [0, 0.05) is 5.56 Å². The molecule has 0 aliphatic carbocycles. The highest BCUT2D eigenvalue weighted by molar-refractivity contribution is 6.06. The van der Waals surface area contributed by atoms with Gasteiger partial charge in [0.05, 0.1) is 6.61 Å². The maximum atomic E-state index is 12.0. The Morgan fingerprint density at radius 3 is 2.33 bits per heavy atom. The van der Waals surface area contributed by atoms with Gasteiger partial charge in [-0.15, -0.1) is 0 Å². The Bertz CT molecular complexity index is 627. The van der Waals surface area contributed by atoms with E-state index in [0.717, 1.165) is 24.3 Å². The van der Waals surface area contributed by atoms with E-state index in [1.54, 1.807) is 6.08 Å². The zero-order chi connectivity index (χ0) is 17.0. The largest absolute Gasteiger partial charge is 0.494 e. The maximum Gasteiger partial charge on any atom is 0.185 e. The van der Waals surface area contributed by atoms with Crippen LogP contribution in [0.15, 0.2) is 60.7 Å². The van der Waals surface area contributed by atoms with Crippen molar-refractivity contribution in [1.29, 1.82) is 0 Å². The third-order valence-electron chi connectivity index (χ3n) is 3.88. The van der Waals surface area contributed by atoms with Gasteiger partial charge >= 0.3 is 0 Å². The summed E-state index contributed by atoms with van der Waals surface area (Å²) in [6.45, 7) is 2.99. The molecule has 0 N–H and O–H groups in total. The van der Waals surface area contributed by atoms with Gasteiger partial charge in [-0.3, -0.25) is 4.79 Å². The Morgan fingerprint density at radius 2 is 1.62 bits per heavy atom. The lowest BCUT2D eigenvalue weighted by atomic mass is 10.1. The molecule has 2 rings (SSSR count). The molecule has 0 aliphatic heterocycles. The number of unbranched alkanes of at least 4 members (excludes halogenated alkanes) is 4. The summed E-state index contributed by atoms with van der Waals surface area (Å²) in [5, 5.41) is 0. The Morgan fingerprint density at radius 1 is 0.917 bits per heavy atom. The molecule has 0 heterocycles. The van der Waals surface area contributed by atoms with Gasteiger partial charge in [0.15, 0.2) is 5.78 Å². The highest BCUT2D eigenvalue weighted by Gasteiger charge is 2.00. The van der Waals surface area contributed by atoms with Crippen LogP contribution in [0.1, 0.15) is 54.9 Å². The minimum atomic E-state index is 0.0167. The molecule has 126 valence electrons. The maximum absolute atomic E-state index is 12.0. The summed E-state index contributed by atoms with van der Waals surface area (Å²) in [5.41, 5.74) is 1.70. The number of hydrogen-bond donors (Lipinski definition) is 0. The standard InChI is InChI=1S/C22H26O2/c1-2-3-4-5-9-18-24-21-15-12-19(13-16-21)14-17-22(23)20-10-7-6-8-11-20/h6-8,10-17H,2-5,9,18H2,1H3/b17-14+. The van der Waals surface area contributed by atoms with Crippen LogP contribution < -0.4 is 4.74 Å². The van der Waals surface area contributed by atoms with Crippen molar-refractivity contribution >= 4 is 11.9 Å². The van der Waals surface area contributed by atoms with Crippen LogP contribution in [0.2, 0.25) is 0 Å². The quantitative estimate of drug-likeness (QED) is 0.308. The fourth-order valence-corrected chi connectivity index (χ4v) is 2.44. The third-order valence-corrected chi connectivity index (χ3v) is 3.88. The molecule has 0 aliphatic rings. The van der Waals surface area contributed by atoms with Crippen LogP contribution in [0, 0.1) is 0 Å². The van der Waals surface area contributed by atoms with E-state index in [0.29, 0.717) is 5.56 Å². The first-order chi connectivity index (χ1) is 11.8. The fourth-order valence-electron chi connectivity index (χ4n) is 2.44. The van der Waals surface area contributed by atoms with Crippen molar-refractivity contribution in [3.8, 4) is 5.75 Å². The Balaban J connectivity index is 1.77. The van der Waals surface area contributed by atoms with E-state index in [1.807, 2.05) is 60.7 Å². The van der Waals surface area contributed by atoms with Crippen LogP contribution in [0.4, 0.5) is 0 Å². The van der Waals surface area contributed by atoms with E-state index in [2.05, 4.69) is 6.92 Å². The van der Waals surface area contributed by atoms with Gasteiger partial charge in [0.25, 0.3) is 0 Å². The lowest BCUT2D eigenvalue weighted by molar-refractivity contribution is 0.104. The van der Waals surface area contributed by atoms with Crippen molar-refractivity contribution in [2.75, 3.05) is 6.61 Å². The summed E-state index contributed by atoms with van der Waals surface area (Å²) in [5.74, 6) is 0.903. The number of carbonyl (C=O) groups excluding carboxylic acids is 1. The first kappa shape index (κ1) is 18.0. The Hall–Kier alpha value is -2.35. The number of carbonyl (C=O) groups is 1. The van der Waals surface area contributed by atoms with Gasteiger partial charge in [-0.1, -0.05) is 81.1 Å².